The van der Waals surface area contributed by atoms with Crippen LogP contribution >= 0.6 is 0 Å². The summed E-state index contributed by atoms with van der Waals surface area (Å²) >= 11 is 0. The predicted octanol–water partition coefficient (Wildman–Crippen LogP) is 4.77. The summed E-state index contributed by atoms with van der Waals surface area (Å²) in [5.41, 5.74) is 5.87. The highest BCUT2D eigenvalue weighted by Gasteiger charge is 2.18. The Morgan fingerprint density at radius 1 is 0.897 bits per heavy atom. The van der Waals surface area contributed by atoms with Gasteiger partial charge in [-0.3, -0.25) is 4.90 Å². The summed E-state index contributed by atoms with van der Waals surface area (Å²) in [7, 11) is 0. The molecular formula is C25H27NO3. The summed E-state index contributed by atoms with van der Waals surface area (Å²) in [6.07, 6.45) is -0.546. The smallest absolute Gasteiger partial charge is 0.231 e. The van der Waals surface area contributed by atoms with Gasteiger partial charge in [0.2, 0.25) is 6.79 Å². The maximum absolute atomic E-state index is 10.8. The number of aliphatic hydroxyl groups excluding tert-OH is 1. The Morgan fingerprint density at radius 3 is 2.52 bits per heavy atom. The number of fused-ring (bicyclic) bond motifs is 1. The molecule has 1 aliphatic heterocycles. The number of nitrogens with zero attached hydrogens (tertiary/aromatic N) is 1. The van der Waals surface area contributed by atoms with E-state index in [2.05, 4.69) is 43.0 Å². The van der Waals surface area contributed by atoms with E-state index < -0.39 is 6.10 Å². The molecule has 4 heteroatoms. The van der Waals surface area contributed by atoms with Crippen molar-refractivity contribution in [2.24, 2.45) is 0 Å². The van der Waals surface area contributed by atoms with Gasteiger partial charge in [-0.15, -0.1) is 0 Å². The van der Waals surface area contributed by atoms with E-state index in [9.17, 15) is 5.11 Å². The zero-order valence-corrected chi connectivity index (χ0v) is 17.0. The Bertz CT molecular complexity index is 971. The van der Waals surface area contributed by atoms with Crippen molar-refractivity contribution in [3.63, 3.8) is 0 Å². The average Bonchev–Trinajstić information content (AvgIpc) is 3.19. The van der Waals surface area contributed by atoms with E-state index in [1.54, 1.807) is 0 Å². The van der Waals surface area contributed by atoms with Crippen LogP contribution in [0.5, 0.6) is 11.5 Å². The van der Waals surface area contributed by atoms with Crippen LogP contribution in [0.2, 0.25) is 0 Å². The molecule has 0 aliphatic carbocycles. The molecule has 1 aliphatic rings. The molecule has 1 N–H and O–H groups in total. The molecule has 29 heavy (non-hydrogen) atoms. The van der Waals surface area contributed by atoms with E-state index in [1.165, 1.54) is 16.7 Å². The van der Waals surface area contributed by atoms with Gasteiger partial charge in [0.1, 0.15) is 0 Å². The first-order valence-corrected chi connectivity index (χ1v) is 9.98. The standard InChI is InChI=1S/C25H27NO3/c1-18-8-9-19(2)22(12-18)15-26(16-23(27)21-6-4-3-5-7-21)14-20-10-11-24-25(13-20)29-17-28-24/h3-13,23,27H,14-17H2,1-2H3. The SMILES string of the molecule is Cc1ccc(C)c(CN(Cc2ccc3c(c2)OCO3)CC(O)c2ccccc2)c1. The fourth-order valence-corrected chi connectivity index (χ4v) is 3.72. The Kier molecular flexibility index (Phi) is 5.84. The molecule has 150 valence electrons. The maximum atomic E-state index is 10.8. The summed E-state index contributed by atoms with van der Waals surface area (Å²) in [5, 5.41) is 10.8. The van der Waals surface area contributed by atoms with E-state index in [0.717, 1.165) is 29.2 Å². The van der Waals surface area contributed by atoms with Crippen LogP contribution in [0.3, 0.4) is 0 Å². The van der Waals surface area contributed by atoms with Gasteiger partial charge >= 0.3 is 0 Å². The third kappa shape index (κ3) is 4.78. The first-order chi connectivity index (χ1) is 14.1. The second kappa shape index (κ2) is 8.68. The lowest BCUT2D eigenvalue weighted by Gasteiger charge is -2.26. The number of aliphatic hydroxyl groups is 1. The number of ether oxygens (including phenoxy) is 2. The first-order valence-electron chi connectivity index (χ1n) is 9.98. The Hall–Kier alpha value is -2.82. The molecule has 3 aromatic rings. The predicted molar refractivity (Wildman–Crippen MR) is 114 cm³/mol. The average molecular weight is 389 g/mol. The fourth-order valence-electron chi connectivity index (χ4n) is 3.72. The van der Waals surface area contributed by atoms with E-state index >= 15 is 0 Å². The third-order valence-electron chi connectivity index (χ3n) is 5.36. The van der Waals surface area contributed by atoms with Gasteiger partial charge in [0, 0.05) is 19.6 Å². The van der Waals surface area contributed by atoms with Gasteiger partial charge in [-0.25, -0.2) is 0 Å². The Morgan fingerprint density at radius 2 is 1.69 bits per heavy atom. The van der Waals surface area contributed by atoms with Crippen molar-refractivity contribution in [3.8, 4) is 11.5 Å². The van der Waals surface area contributed by atoms with Gasteiger partial charge in [0.15, 0.2) is 11.5 Å². The van der Waals surface area contributed by atoms with Crippen molar-refractivity contribution in [1.29, 1.82) is 0 Å². The van der Waals surface area contributed by atoms with Gasteiger partial charge in [0.25, 0.3) is 0 Å². The summed E-state index contributed by atoms with van der Waals surface area (Å²) in [4.78, 5) is 2.29. The third-order valence-corrected chi connectivity index (χ3v) is 5.36. The molecule has 4 rings (SSSR count). The molecular weight excluding hydrogens is 362 g/mol. The van der Waals surface area contributed by atoms with Gasteiger partial charge in [-0.05, 0) is 48.2 Å². The van der Waals surface area contributed by atoms with Crippen LogP contribution in [0.15, 0.2) is 66.7 Å². The van der Waals surface area contributed by atoms with Gasteiger partial charge in [-0.2, -0.15) is 0 Å². The highest BCUT2D eigenvalue weighted by Crippen LogP contribution is 2.33. The molecule has 1 atom stereocenters. The molecule has 0 aromatic heterocycles. The van der Waals surface area contributed by atoms with Crippen LogP contribution < -0.4 is 9.47 Å². The quantitative estimate of drug-likeness (QED) is 0.632. The van der Waals surface area contributed by atoms with Gasteiger partial charge < -0.3 is 14.6 Å². The number of hydrogen-bond acceptors (Lipinski definition) is 4. The van der Waals surface area contributed by atoms with Crippen molar-refractivity contribution in [2.45, 2.75) is 33.0 Å². The lowest BCUT2D eigenvalue weighted by molar-refractivity contribution is 0.105. The Balaban J connectivity index is 1.56. The molecule has 1 unspecified atom stereocenters. The van der Waals surface area contributed by atoms with Crippen molar-refractivity contribution < 1.29 is 14.6 Å². The first kappa shape index (κ1) is 19.5. The van der Waals surface area contributed by atoms with E-state index in [-0.39, 0.29) is 6.79 Å². The molecule has 0 bridgehead atoms. The number of rotatable bonds is 7. The van der Waals surface area contributed by atoms with Gasteiger partial charge in [-0.1, -0.05) is 60.2 Å². The summed E-state index contributed by atoms with van der Waals surface area (Å²) < 4.78 is 11.0. The monoisotopic (exact) mass is 389 g/mol. The highest BCUT2D eigenvalue weighted by molar-refractivity contribution is 5.44. The largest absolute Gasteiger partial charge is 0.454 e. The lowest BCUT2D eigenvalue weighted by atomic mass is 10.0. The summed E-state index contributed by atoms with van der Waals surface area (Å²) in [5.74, 6) is 1.58. The molecule has 3 aromatic carbocycles. The molecule has 0 saturated carbocycles. The van der Waals surface area contributed by atoms with Crippen molar-refractivity contribution >= 4 is 0 Å². The van der Waals surface area contributed by atoms with Crippen molar-refractivity contribution in [3.05, 3.63) is 94.5 Å². The topological polar surface area (TPSA) is 41.9 Å². The molecule has 1 heterocycles. The van der Waals surface area contributed by atoms with Crippen LogP contribution in [0.1, 0.15) is 33.9 Å². The van der Waals surface area contributed by atoms with Crippen molar-refractivity contribution in [1.82, 2.24) is 4.90 Å². The highest BCUT2D eigenvalue weighted by atomic mass is 16.7. The maximum Gasteiger partial charge on any atom is 0.231 e. The normalized spacial score (nSPS) is 13.7. The molecule has 0 spiro atoms. The lowest BCUT2D eigenvalue weighted by Crippen LogP contribution is -2.28. The second-order valence-corrected chi connectivity index (χ2v) is 7.71. The number of aryl methyl sites for hydroxylation is 2. The van der Waals surface area contributed by atoms with Crippen molar-refractivity contribution in [2.75, 3.05) is 13.3 Å². The van der Waals surface area contributed by atoms with Crippen LogP contribution in [0.25, 0.3) is 0 Å². The Labute approximate surface area is 172 Å². The number of benzene rings is 3. The molecule has 0 amide bonds. The van der Waals surface area contributed by atoms with Crippen LogP contribution in [-0.4, -0.2) is 23.3 Å². The van der Waals surface area contributed by atoms with E-state index in [4.69, 9.17) is 9.47 Å². The van der Waals surface area contributed by atoms with Crippen LogP contribution in [0.4, 0.5) is 0 Å². The molecule has 0 fully saturated rings. The zero-order chi connectivity index (χ0) is 20.2. The second-order valence-electron chi connectivity index (χ2n) is 7.71. The minimum Gasteiger partial charge on any atom is -0.454 e. The van der Waals surface area contributed by atoms with Crippen LogP contribution in [-0.2, 0) is 13.1 Å². The minimum absolute atomic E-state index is 0.276. The van der Waals surface area contributed by atoms with E-state index in [0.29, 0.717) is 13.1 Å². The van der Waals surface area contributed by atoms with Crippen LogP contribution in [0, 0.1) is 13.8 Å². The summed E-state index contributed by atoms with van der Waals surface area (Å²) in [6, 6.07) is 22.4. The summed E-state index contributed by atoms with van der Waals surface area (Å²) in [6.45, 7) is 6.56. The number of hydrogen-bond donors (Lipinski definition) is 1. The van der Waals surface area contributed by atoms with E-state index in [1.807, 2.05) is 42.5 Å². The zero-order valence-electron chi connectivity index (χ0n) is 17.0. The fraction of sp³-hybridized carbons (Fsp3) is 0.280. The minimum atomic E-state index is -0.546. The molecule has 0 radical (unpaired) electrons. The molecule has 0 saturated heterocycles. The molecule has 4 nitrogen and oxygen atoms in total. The van der Waals surface area contributed by atoms with Gasteiger partial charge in [0.05, 0.1) is 6.10 Å².